The van der Waals surface area contributed by atoms with E-state index in [0.29, 0.717) is 0 Å². The molecule has 1 nitrogen and oxygen atoms in total. The zero-order chi connectivity index (χ0) is 9.30. The second kappa shape index (κ2) is 3.47. The molecule has 0 heterocycles. The van der Waals surface area contributed by atoms with Crippen molar-refractivity contribution >= 4 is 22.2 Å². The van der Waals surface area contributed by atoms with E-state index < -0.39 is 0 Å². The van der Waals surface area contributed by atoms with Crippen molar-refractivity contribution in [1.29, 1.82) is 0 Å². The molecule has 2 heteroatoms. The average molecular weight is 154 g/mol. The predicted octanol–water partition coefficient (Wildman–Crippen LogP) is 1.92. The minimum absolute atomic E-state index is 0.157. The quantitative estimate of drug-likeness (QED) is 0.565. The van der Waals surface area contributed by atoms with Crippen LogP contribution in [0.15, 0.2) is 12.1 Å². The van der Waals surface area contributed by atoms with Crippen molar-refractivity contribution in [2.24, 2.45) is 0 Å². The van der Waals surface area contributed by atoms with Gasteiger partial charge in [0, 0.05) is 0 Å². The van der Waals surface area contributed by atoms with Gasteiger partial charge in [0.1, 0.15) is 0 Å². The van der Waals surface area contributed by atoms with Gasteiger partial charge in [0.2, 0.25) is 0 Å². The molecule has 0 fully saturated rings. The van der Waals surface area contributed by atoms with Crippen LogP contribution in [-0.2, 0) is 0 Å². The molecule has 0 aliphatic heterocycles. The van der Waals surface area contributed by atoms with Crippen LogP contribution >= 0.6 is 0 Å². The number of aryl methyl sites for hydroxylation is 3. The predicted molar refractivity (Wildman–Crippen MR) is 50.7 cm³/mol. The topological polar surface area (TPSA) is 17.1 Å². The van der Waals surface area contributed by atoms with Crippen molar-refractivity contribution in [2.75, 3.05) is 0 Å². The summed E-state index contributed by atoms with van der Waals surface area (Å²) in [5, 5.41) is 0. The van der Waals surface area contributed by atoms with Crippen molar-refractivity contribution in [3.8, 4) is 0 Å². The first-order valence-corrected chi connectivity index (χ1v) is 4.11. The van der Waals surface area contributed by atoms with Crippen LogP contribution in [0, 0.1) is 20.8 Å². The van der Waals surface area contributed by atoms with Gasteiger partial charge < -0.3 is 0 Å². The van der Waals surface area contributed by atoms with E-state index >= 15 is 0 Å². The van der Waals surface area contributed by atoms with Gasteiger partial charge in [0.15, 0.2) is 0 Å². The number of carbonyl (C=O) groups is 1. The van der Waals surface area contributed by atoms with E-state index in [-0.39, 0.29) is 4.46 Å². The molecule has 0 atom stereocenters. The molecule has 0 spiro atoms. The summed E-state index contributed by atoms with van der Waals surface area (Å²) in [6, 6.07) is 4.09. The van der Waals surface area contributed by atoms with Gasteiger partial charge in [-0.3, -0.25) is 0 Å². The molecular weight excluding hydrogens is 143 g/mol. The van der Waals surface area contributed by atoms with Gasteiger partial charge in [-0.2, -0.15) is 0 Å². The van der Waals surface area contributed by atoms with Crippen molar-refractivity contribution in [3.63, 3.8) is 0 Å². The summed E-state index contributed by atoms with van der Waals surface area (Å²) in [6.07, 6.45) is 0. The molecule has 0 radical (unpaired) electrons. The van der Waals surface area contributed by atoms with E-state index in [1.807, 2.05) is 32.9 Å². The summed E-state index contributed by atoms with van der Waals surface area (Å²) in [7, 11) is 0. The van der Waals surface area contributed by atoms with E-state index in [0.717, 1.165) is 16.7 Å². The third-order valence-corrected chi connectivity index (χ3v) is 2.03. The fourth-order valence-corrected chi connectivity index (χ4v) is 1.74. The first-order valence-electron chi connectivity index (χ1n) is 4.11. The van der Waals surface area contributed by atoms with Gasteiger partial charge in [-0.05, 0) is 0 Å². The molecule has 0 bridgehead atoms. The zero-order valence-electron chi connectivity index (χ0n) is 8.06. The number of carbonyl (C=O) groups excluding carboxylic acids is 1. The van der Waals surface area contributed by atoms with Gasteiger partial charge >= 0.3 is 82.1 Å². The SMILES string of the molecule is [Li][C](=O)c1c(C)cc(C)cc1C. The van der Waals surface area contributed by atoms with E-state index in [4.69, 9.17) is 0 Å². The van der Waals surface area contributed by atoms with Gasteiger partial charge in [0.25, 0.3) is 0 Å². The summed E-state index contributed by atoms with van der Waals surface area (Å²) in [5.74, 6) is 0. The first-order chi connectivity index (χ1) is 5.52. The molecule has 1 aromatic rings. The van der Waals surface area contributed by atoms with E-state index in [9.17, 15) is 4.79 Å². The Hall–Kier alpha value is -0.513. The first kappa shape index (κ1) is 9.57. The Kier molecular flexibility index (Phi) is 2.77. The number of rotatable bonds is 1. The number of benzene rings is 1. The van der Waals surface area contributed by atoms with Crippen LogP contribution in [0.5, 0.6) is 0 Å². The normalized spacial score (nSPS) is 10.1. The van der Waals surface area contributed by atoms with Crippen molar-refractivity contribution in [3.05, 3.63) is 34.4 Å². The molecule has 58 valence electrons. The van der Waals surface area contributed by atoms with Gasteiger partial charge in [-0.25, -0.2) is 0 Å². The van der Waals surface area contributed by atoms with Crippen molar-refractivity contribution < 1.29 is 4.79 Å². The van der Waals surface area contributed by atoms with Crippen LogP contribution in [0.3, 0.4) is 0 Å². The average Bonchev–Trinajstić information content (AvgIpc) is 1.82. The van der Waals surface area contributed by atoms with Crippen molar-refractivity contribution in [2.45, 2.75) is 20.8 Å². The molecule has 0 N–H and O–H groups in total. The van der Waals surface area contributed by atoms with Crippen LogP contribution in [0.2, 0.25) is 0 Å². The number of hydrogen-bond donors (Lipinski definition) is 0. The molecule has 0 aromatic heterocycles. The molecule has 12 heavy (non-hydrogen) atoms. The Bertz CT molecular complexity index is 306. The second-order valence-electron chi connectivity index (χ2n) is 3.33. The Morgan fingerprint density at radius 1 is 1.17 bits per heavy atom. The monoisotopic (exact) mass is 154 g/mol. The molecule has 1 aromatic carbocycles. The molecule has 0 amide bonds. The van der Waals surface area contributed by atoms with E-state index in [2.05, 4.69) is 0 Å². The molecule has 0 unspecified atom stereocenters. The molecule has 0 saturated carbocycles. The van der Waals surface area contributed by atoms with Crippen molar-refractivity contribution in [1.82, 2.24) is 0 Å². The van der Waals surface area contributed by atoms with Gasteiger partial charge in [-0.1, -0.05) is 0 Å². The summed E-state index contributed by atoms with van der Waals surface area (Å²) >= 11 is 1.62. The summed E-state index contributed by atoms with van der Waals surface area (Å²) in [4.78, 5) is 11.2. The fraction of sp³-hybridized carbons (Fsp3) is 0.300. The zero-order valence-corrected chi connectivity index (χ0v) is 8.06. The maximum absolute atomic E-state index is 11.2. The van der Waals surface area contributed by atoms with Crippen LogP contribution in [-0.4, -0.2) is 22.2 Å². The molecule has 0 saturated heterocycles. The number of hydrogen-bond acceptors (Lipinski definition) is 1. The summed E-state index contributed by atoms with van der Waals surface area (Å²) < 4.78 is 0.157. The Balaban J connectivity index is 3.38. The van der Waals surface area contributed by atoms with Gasteiger partial charge in [0.05, 0.1) is 0 Å². The fourth-order valence-electron chi connectivity index (χ4n) is 1.74. The van der Waals surface area contributed by atoms with E-state index in [1.54, 1.807) is 17.7 Å². The Labute approximate surface area is 82.4 Å². The standard InChI is InChI=1S/C10H11O.Li/c1-7-4-8(2)10(6-11)9(3)5-7;/h4-5H,1-3H3;. The maximum atomic E-state index is 11.2. The van der Waals surface area contributed by atoms with Crippen LogP contribution in [0.1, 0.15) is 27.0 Å². The van der Waals surface area contributed by atoms with Crippen LogP contribution < -0.4 is 0 Å². The summed E-state index contributed by atoms with van der Waals surface area (Å²) in [6.45, 7) is 6.01. The molecule has 0 aliphatic carbocycles. The molecule has 1 rings (SSSR count). The van der Waals surface area contributed by atoms with E-state index in [1.165, 1.54) is 5.56 Å². The molecular formula is C10H11LiO. The third-order valence-electron chi connectivity index (χ3n) is 2.03. The van der Waals surface area contributed by atoms with Crippen LogP contribution in [0.25, 0.3) is 0 Å². The minimum atomic E-state index is 0.157. The third kappa shape index (κ3) is 1.80. The van der Waals surface area contributed by atoms with Gasteiger partial charge in [-0.15, -0.1) is 0 Å². The van der Waals surface area contributed by atoms with Crippen LogP contribution in [0.4, 0.5) is 0 Å². The summed E-state index contributed by atoms with van der Waals surface area (Å²) in [5.41, 5.74) is 4.26. The second-order valence-corrected chi connectivity index (χ2v) is 3.33. The Morgan fingerprint density at radius 2 is 1.58 bits per heavy atom. The Morgan fingerprint density at radius 3 is 1.92 bits per heavy atom. The molecule has 0 aliphatic rings.